The molecule has 1 aromatic heterocycles. The van der Waals surface area contributed by atoms with Crippen molar-refractivity contribution in [1.29, 1.82) is 0 Å². The van der Waals surface area contributed by atoms with Crippen LogP contribution in [0.2, 0.25) is 5.02 Å². The van der Waals surface area contributed by atoms with Crippen molar-refractivity contribution in [2.75, 3.05) is 24.5 Å². The molecule has 1 N–H and O–H groups in total. The van der Waals surface area contributed by atoms with Crippen LogP contribution in [-0.2, 0) is 17.6 Å². The van der Waals surface area contributed by atoms with E-state index in [1.54, 1.807) is 0 Å². The zero-order valence-corrected chi connectivity index (χ0v) is 14.9. The molecule has 0 spiro atoms. The van der Waals surface area contributed by atoms with Crippen molar-refractivity contribution in [2.45, 2.75) is 32.1 Å². The van der Waals surface area contributed by atoms with E-state index in [2.05, 4.69) is 10.2 Å². The summed E-state index contributed by atoms with van der Waals surface area (Å²) < 4.78 is 0. The van der Waals surface area contributed by atoms with Crippen LogP contribution in [-0.4, -0.2) is 35.5 Å². The quantitative estimate of drug-likeness (QED) is 0.898. The van der Waals surface area contributed by atoms with Crippen LogP contribution in [0.25, 0.3) is 11.4 Å². The van der Waals surface area contributed by atoms with Gasteiger partial charge in [0, 0.05) is 47.9 Å². The van der Waals surface area contributed by atoms with Gasteiger partial charge in [-0.05, 0) is 37.8 Å². The average Bonchev–Trinajstić information content (AvgIpc) is 2.85. The van der Waals surface area contributed by atoms with E-state index in [-0.39, 0.29) is 5.91 Å². The highest BCUT2D eigenvalue weighted by Gasteiger charge is 2.24. The second-order valence-corrected chi connectivity index (χ2v) is 7.04. The molecule has 2 aliphatic rings. The van der Waals surface area contributed by atoms with Crippen LogP contribution in [0, 0.1) is 0 Å². The fourth-order valence-corrected chi connectivity index (χ4v) is 3.76. The van der Waals surface area contributed by atoms with Crippen molar-refractivity contribution in [3.63, 3.8) is 0 Å². The number of benzene rings is 1. The molecule has 0 saturated carbocycles. The summed E-state index contributed by atoms with van der Waals surface area (Å²) in [6, 6.07) is 7.68. The molecule has 0 unspecified atom stereocenters. The Kier molecular flexibility index (Phi) is 4.57. The lowest BCUT2D eigenvalue weighted by Gasteiger charge is -2.27. The summed E-state index contributed by atoms with van der Waals surface area (Å²) in [7, 11) is 0. The molecule has 1 aromatic carbocycles. The number of nitrogens with zero attached hydrogens (tertiary/aromatic N) is 3. The lowest BCUT2D eigenvalue weighted by atomic mass is 9.95. The number of anilines is 1. The Bertz CT molecular complexity index is 808. The number of rotatable bonds is 2. The van der Waals surface area contributed by atoms with Gasteiger partial charge in [0.1, 0.15) is 5.82 Å². The van der Waals surface area contributed by atoms with E-state index in [1.807, 2.05) is 24.3 Å². The van der Waals surface area contributed by atoms with E-state index in [9.17, 15) is 4.79 Å². The summed E-state index contributed by atoms with van der Waals surface area (Å²) in [5, 5.41) is 3.62. The van der Waals surface area contributed by atoms with Gasteiger partial charge >= 0.3 is 0 Å². The normalized spacial score (nSPS) is 17.6. The number of carbonyl (C=O) groups is 1. The summed E-state index contributed by atoms with van der Waals surface area (Å²) in [5.74, 6) is 1.83. The molecule has 2 heterocycles. The molecule has 1 aliphatic heterocycles. The number of hydrogen-bond acceptors (Lipinski definition) is 4. The second-order valence-electron chi connectivity index (χ2n) is 6.60. The standard InChI is InChI=1S/C19H21ClN4O/c20-14-5-3-4-13(12-14)18-22-16-7-2-1-6-15(16)19(23-18)24-10-8-17(25)21-9-11-24/h3-5,12H,1-2,6-11H2,(H,21,25). The Morgan fingerprint density at radius 1 is 1.08 bits per heavy atom. The molecular formula is C19H21ClN4O. The third-order valence-corrected chi connectivity index (χ3v) is 5.09. The van der Waals surface area contributed by atoms with Gasteiger partial charge in [-0.2, -0.15) is 0 Å². The molecule has 1 aliphatic carbocycles. The van der Waals surface area contributed by atoms with E-state index in [1.165, 1.54) is 18.4 Å². The fourth-order valence-electron chi connectivity index (χ4n) is 3.57. The molecule has 0 bridgehead atoms. The summed E-state index contributed by atoms with van der Waals surface area (Å²) >= 11 is 6.15. The Morgan fingerprint density at radius 3 is 2.84 bits per heavy atom. The van der Waals surface area contributed by atoms with Gasteiger partial charge in [0.15, 0.2) is 5.82 Å². The smallest absolute Gasteiger partial charge is 0.221 e. The largest absolute Gasteiger partial charge is 0.354 e. The van der Waals surface area contributed by atoms with E-state index in [0.29, 0.717) is 24.5 Å². The third kappa shape index (κ3) is 3.47. The molecule has 0 atom stereocenters. The lowest BCUT2D eigenvalue weighted by Crippen LogP contribution is -2.31. The van der Waals surface area contributed by atoms with Crippen LogP contribution in [0.5, 0.6) is 0 Å². The number of aromatic nitrogens is 2. The molecule has 25 heavy (non-hydrogen) atoms. The van der Waals surface area contributed by atoms with E-state index < -0.39 is 0 Å². The van der Waals surface area contributed by atoms with Crippen molar-refractivity contribution in [3.8, 4) is 11.4 Å². The fraction of sp³-hybridized carbons (Fsp3) is 0.421. The maximum Gasteiger partial charge on any atom is 0.221 e. The molecule has 1 saturated heterocycles. The molecular weight excluding hydrogens is 336 g/mol. The van der Waals surface area contributed by atoms with Gasteiger partial charge in [-0.1, -0.05) is 23.7 Å². The second kappa shape index (κ2) is 7.00. The van der Waals surface area contributed by atoms with Gasteiger partial charge < -0.3 is 10.2 Å². The molecule has 130 valence electrons. The van der Waals surface area contributed by atoms with E-state index >= 15 is 0 Å². The predicted octanol–water partition coefficient (Wildman–Crippen LogP) is 3.00. The molecule has 1 fully saturated rings. The van der Waals surface area contributed by atoms with Crippen LogP contribution in [0.15, 0.2) is 24.3 Å². The number of nitrogens with one attached hydrogen (secondary N) is 1. The van der Waals surface area contributed by atoms with E-state index in [0.717, 1.165) is 42.3 Å². The first-order valence-electron chi connectivity index (χ1n) is 8.88. The number of halogens is 1. The van der Waals surface area contributed by atoms with Crippen LogP contribution in [0.3, 0.4) is 0 Å². The first-order chi connectivity index (χ1) is 12.2. The zero-order valence-electron chi connectivity index (χ0n) is 14.1. The highest BCUT2D eigenvalue weighted by Crippen LogP contribution is 2.31. The number of hydrogen-bond donors (Lipinski definition) is 1. The number of fused-ring (bicyclic) bond motifs is 1. The van der Waals surface area contributed by atoms with Gasteiger partial charge in [-0.15, -0.1) is 0 Å². The Labute approximate surface area is 152 Å². The van der Waals surface area contributed by atoms with Crippen molar-refractivity contribution in [3.05, 3.63) is 40.5 Å². The van der Waals surface area contributed by atoms with Crippen LogP contribution in [0.1, 0.15) is 30.5 Å². The van der Waals surface area contributed by atoms with Gasteiger partial charge in [0.25, 0.3) is 0 Å². The highest BCUT2D eigenvalue weighted by molar-refractivity contribution is 6.30. The summed E-state index contributed by atoms with van der Waals surface area (Å²) in [6.45, 7) is 2.14. The minimum atomic E-state index is 0.112. The number of amides is 1. The van der Waals surface area contributed by atoms with Crippen LogP contribution >= 0.6 is 11.6 Å². The molecule has 5 nitrogen and oxygen atoms in total. The Balaban J connectivity index is 1.78. The maximum atomic E-state index is 11.7. The molecule has 4 rings (SSSR count). The molecule has 2 aromatic rings. The van der Waals surface area contributed by atoms with Crippen LogP contribution in [0.4, 0.5) is 5.82 Å². The zero-order chi connectivity index (χ0) is 17.2. The van der Waals surface area contributed by atoms with Crippen molar-refractivity contribution >= 4 is 23.3 Å². The first kappa shape index (κ1) is 16.3. The van der Waals surface area contributed by atoms with Gasteiger partial charge in [-0.25, -0.2) is 9.97 Å². The van der Waals surface area contributed by atoms with Crippen molar-refractivity contribution in [1.82, 2.24) is 15.3 Å². The van der Waals surface area contributed by atoms with Crippen molar-refractivity contribution < 1.29 is 4.79 Å². The number of aryl methyl sites for hydroxylation is 1. The molecule has 6 heteroatoms. The molecule has 1 amide bonds. The lowest BCUT2D eigenvalue weighted by molar-refractivity contribution is -0.120. The van der Waals surface area contributed by atoms with E-state index in [4.69, 9.17) is 21.6 Å². The minimum absolute atomic E-state index is 0.112. The third-order valence-electron chi connectivity index (χ3n) is 4.86. The van der Waals surface area contributed by atoms with Gasteiger partial charge in [0.2, 0.25) is 5.91 Å². The summed E-state index contributed by atoms with van der Waals surface area (Å²) in [4.78, 5) is 23.7. The predicted molar refractivity (Wildman–Crippen MR) is 99.0 cm³/mol. The first-order valence-corrected chi connectivity index (χ1v) is 9.26. The monoisotopic (exact) mass is 356 g/mol. The Hall–Kier alpha value is -2.14. The SMILES string of the molecule is O=C1CCN(c2nc(-c3cccc(Cl)c3)nc3c2CCCC3)CCN1. The Morgan fingerprint density at radius 2 is 1.96 bits per heavy atom. The topological polar surface area (TPSA) is 58.1 Å². The van der Waals surface area contributed by atoms with Crippen LogP contribution < -0.4 is 10.2 Å². The summed E-state index contributed by atoms with van der Waals surface area (Å²) in [6.07, 6.45) is 4.84. The summed E-state index contributed by atoms with van der Waals surface area (Å²) in [5.41, 5.74) is 3.34. The van der Waals surface area contributed by atoms with Gasteiger partial charge in [0.05, 0.1) is 0 Å². The van der Waals surface area contributed by atoms with Gasteiger partial charge in [-0.3, -0.25) is 4.79 Å². The number of carbonyl (C=O) groups excluding carboxylic acids is 1. The van der Waals surface area contributed by atoms with Crippen molar-refractivity contribution in [2.24, 2.45) is 0 Å². The average molecular weight is 357 g/mol. The molecule has 0 radical (unpaired) electrons. The minimum Gasteiger partial charge on any atom is -0.354 e. The maximum absolute atomic E-state index is 11.7. The highest BCUT2D eigenvalue weighted by atomic mass is 35.5.